The number of amides is 2. The van der Waals surface area contributed by atoms with Gasteiger partial charge in [0.05, 0.1) is 12.9 Å². The Balaban J connectivity index is 1.56. The van der Waals surface area contributed by atoms with Crippen LogP contribution >= 0.6 is 11.8 Å². The Bertz CT molecular complexity index is 739. The smallest absolute Gasteiger partial charge is 0.236 e. The zero-order chi connectivity index (χ0) is 17.6. The third-order valence-electron chi connectivity index (χ3n) is 3.58. The third-order valence-corrected chi connectivity index (χ3v) is 4.60. The number of methoxy groups -OCH3 is 1. The lowest BCUT2D eigenvalue weighted by Gasteiger charge is -2.31. The Morgan fingerprint density at radius 2 is 2.36 bits per heavy atom. The van der Waals surface area contributed by atoms with E-state index in [9.17, 15) is 9.59 Å². The molecule has 1 aliphatic rings. The number of aromatic nitrogens is 3. The van der Waals surface area contributed by atoms with Crippen LogP contribution in [0.3, 0.4) is 0 Å². The summed E-state index contributed by atoms with van der Waals surface area (Å²) >= 11 is 1.29. The lowest BCUT2D eigenvalue weighted by Crippen LogP contribution is -2.51. The lowest BCUT2D eigenvalue weighted by atomic mass is 10.0. The van der Waals surface area contributed by atoms with Crippen LogP contribution in [-0.2, 0) is 9.59 Å². The Morgan fingerprint density at radius 3 is 3.12 bits per heavy atom. The van der Waals surface area contributed by atoms with Gasteiger partial charge in [-0.2, -0.15) is 10.1 Å². The van der Waals surface area contributed by atoms with E-state index in [4.69, 9.17) is 4.74 Å². The summed E-state index contributed by atoms with van der Waals surface area (Å²) in [6.07, 6.45) is 1.64. The van der Waals surface area contributed by atoms with E-state index in [1.165, 1.54) is 18.1 Å². The van der Waals surface area contributed by atoms with E-state index in [0.29, 0.717) is 12.4 Å². The number of anilines is 1. The summed E-state index contributed by atoms with van der Waals surface area (Å²) in [5, 5.41) is 14.9. The molecule has 1 aromatic heterocycles. The Hall–Kier alpha value is -2.59. The van der Waals surface area contributed by atoms with E-state index < -0.39 is 0 Å². The van der Waals surface area contributed by atoms with Crippen molar-refractivity contribution >= 4 is 29.5 Å². The largest absolute Gasteiger partial charge is 0.497 e. The highest BCUT2D eigenvalue weighted by molar-refractivity contribution is 8.00. The molecule has 0 aliphatic carbocycles. The third kappa shape index (κ3) is 4.70. The van der Waals surface area contributed by atoms with Gasteiger partial charge in [-0.25, -0.2) is 5.10 Å². The number of hydrogen-bond acceptors (Lipinski definition) is 7. The molecule has 0 radical (unpaired) electrons. The van der Waals surface area contributed by atoms with Crippen molar-refractivity contribution in [2.75, 3.05) is 18.2 Å². The first-order valence-electron chi connectivity index (χ1n) is 7.60. The minimum atomic E-state index is -0.363. The summed E-state index contributed by atoms with van der Waals surface area (Å²) in [4.78, 5) is 27.7. The molecule has 3 rings (SSSR count). The topological polar surface area (TPSA) is 121 Å². The Morgan fingerprint density at radius 1 is 1.48 bits per heavy atom. The molecule has 2 aromatic rings. The van der Waals surface area contributed by atoms with Crippen LogP contribution in [-0.4, -0.2) is 45.4 Å². The number of rotatable bonds is 6. The minimum Gasteiger partial charge on any atom is -0.497 e. The minimum absolute atomic E-state index is 0.0697. The van der Waals surface area contributed by atoms with Gasteiger partial charge in [0.2, 0.25) is 17.8 Å². The van der Waals surface area contributed by atoms with Crippen molar-refractivity contribution in [3.05, 3.63) is 36.2 Å². The molecule has 4 N–H and O–H groups in total. The summed E-state index contributed by atoms with van der Waals surface area (Å²) in [5.74, 6) is 0.881. The number of hydrogen-bond donors (Lipinski definition) is 4. The molecule has 2 heterocycles. The Kier molecular flexibility index (Phi) is 5.51. The number of H-pyrrole nitrogens is 1. The van der Waals surface area contributed by atoms with Gasteiger partial charge in [-0.15, -0.1) is 11.8 Å². The highest BCUT2D eigenvalue weighted by atomic mass is 32.2. The first kappa shape index (κ1) is 17.2. The van der Waals surface area contributed by atoms with Gasteiger partial charge in [-0.05, 0) is 17.7 Å². The predicted octanol–water partition coefficient (Wildman–Crippen LogP) is 0.619. The van der Waals surface area contributed by atoms with Crippen LogP contribution in [0.15, 0.2) is 30.6 Å². The SMILES string of the molecule is COc1cccc(C2CC(=O)NC(SCC(=O)Nc3ncn[nH]3)N2)c1. The van der Waals surface area contributed by atoms with Gasteiger partial charge in [0, 0.05) is 12.5 Å². The second-order valence-electron chi connectivity index (χ2n) is 5.34. The molecule has 1 fully saturated rings. The maximum Gasteiger partial charge on any atom is 0.236 e. The number of nitrogens with zero attached hydrogens (tertiary/aromatic N) is 2. The van der Waals surface area contributed by atoms with E-state index in [2.05, 4.69) is 31.1 Å². The average Bonchev–Trinajstić information content (AvgIpc) is 3.12. The van der Waals surface area contributed by atoms with E-state index in [1.807, 2.05) is 24.3 Å². The quantitative estimate of drug-likeness (QED) is 0.594. The molecule has 132 valence electrons. The second kappa shape index (κ2) is 7.99. The number of thioether (sulfide) groups is 1. The monoisotopic (exact) mass is 362 g/mol. The Labute approximate surface area is 148 Å². The van der Waals surface area contributed by atoms with Crippen LogP contribution in [0.2, 0.25) is 0 Å². The highest BCUT2D eigenvalue weighted by Crippen LogP contribution is 2.26. The van der Waals surface area contributed by atoms with Crippen molar-refractivity contribution < 1.29 is 14.3 Å². The number of ether oxygens (including phenoxy) is 1. The summed E-state index contributed by atoms with van der Waals surface area (Å²) in [6.45, 7) is 0. The molecule has 2 amide bonds. The average molecular weight is 362 g/mol. The number of benzene rings is 1. The molecule has 1 aromatic carbocycles. The van der Waals surface area contributed by atoms with Gasteiger partial charge < -0.3 is 10.1 Å². The zero-order valence-corrected chi connectivity index (χ0v) is 14.3. The van der Waals surface area contributed by atoms with Crippen molar-refractivity contribution in [2.24, 2.45) is 0 Å². The maximum absolute atomic E-state index is 12.0. The molecule has 0 bridgehead atoms. The number of carbonyl (C=O) groups is 2. The number of carbonyl (C=O) groups excluding carboxylic acids is 2. The van der Waals surface area contributed by atoms with Crippen LogP contribution in [0, 0.1) is 0 Å². The summed E-state index contributed by atoms with van der Waals surface area (Å²) in [5.41, 5.74) is 0.601. The normalized spacial score (nSPS) is 20.0. The van der Waals surface area contributed by atoms with Gasteiger partial charge in [0.1, 0.15) is 17.6 Å². The molecule has 25 heavy (non-hydrogen) atoms. The number of nitrogens with one attached hydrogen (secondary N) is 4. The summed E-state index contributed by atoms with van der Waals surface area (Å²) in [6, 6.07) is 7.44. The summed E-state index contributed by atoms with van der Waals surface area (Å²) in [7, 11) is 1.60. The van der Waals surface area contributed by atoms with Crippen molar-refractivity contribution in [3.8, 4) is 5.75 Å². The summed E-state index contributed by atoms with van der Waals surface area (Å²) < 4.78 is 5.23. The van der Waals surface area contributed by atoms with E-state index in [1.54, 1.807) is 7.11 Å². The van der Waals surface area contributed by atoms with Crippen molar-refractivity contribution in [2.45, 2.75) is 18.0 Å². The highest BCUT2D eigenvalue weighted by Gasteiger charge is 2.27. The zero-order valence-electron chi connectivity index (χ0n) is 13.5. The molecule has 1 saturated heterocycles. The molecule has 2 atom stereocenters. The van der Waals surface area contributed by atoms with E-state index in [-0.39, 0.29) is 29.1 Å². The second-order valence-corrected chi connectivity index (χ2v) is 6.43. The maximum atomic E-state index is 12.0. The van der Waals surface area contributed by atoms with Crippen LogP contribution in [0.4, 0.5) is 5.95 Å². The van der Waals surface area contributed by atoms with Crippen molar-refractivity contribution in [3.63, 3.8) is 0 Å². The number of aromatic amines is 1. The van der Waals surface area contributed by atoms with Gasteiger partial charge in [0.25, 0.3) is 0 Å². The predicted molar refractivity (Wildman–Crippen MR) is 92.9 cm³/mol. The van der Waals surface area contributed by atoms with Gasteiger partial charge in [-0.1, -0.05) is 12.1 Å². The molecular weight excluding hydrogens is 344 g/mol. The van der Waals surface area contributed by atoms with Crippen molar-refractivity contribution in [1.29, 1.82) is 0 Å². The van der Waals surface area contributed by atoms with Crippen LogP contribution in [0.1, 0.15) is 18.0 Å². The van der Waals surface area contributed by atoms with Crippen molar-refractivity contribution in [1.82, 2.24) is 25.8 Å². The van der Waals surface area contributed by atoms with E-state index in [0.717, 1.165) is 11.3 Å². The molecule has 9 nitrogen and oxygen atoms in total. The standard InChI is InChI=1S/C15H18N6O3S/c1-24-10-4-2-3-9(5-10)11-6-12(22)20-15(18-11)25-7-13(23)19-14-16-8-17-21-14/h2-5,8,11,15,18H,6-7H2,1H3,(H,20,22)(H2,16,17,19,21,23). The molecular formula is C15H18N6O3S. The molecule has 2 unspecified atom stereocenters. The first-order valence-corrected chi connectivity index (χ1v) is 8.65. The molecule has 10 heteroatoms. The fourth-order valence-corrected chi connectivity index (χ4v) is 3.29. The van der Waals surface area contributed by atoms with Crippen LogP contribution in [0.25, 0.3) is 0 Å². The van der Waals surface area contributed by atoms with Gasteiger partial charge in [0.15, 0.2) is 0 Å². The fourth-order valence-electron chi connectivity index (χ4n) is 2.43. The van der Waals surface area contributed by atoms with E-state index >= 15 is 0 Å². The molecule has 1 aliphatic heterocycles. The van der Waals surface area contributed by atoms with Gasteiger partial charge in [-0.3, -0.25) is 20.2 Å². The van der Waals surface area contributed by atoms with Crippen LogP contribution < -0.4 is 20.7 Å². The van der Waals surface area contributed by atoms with Crippen LogP contribution in [0.5, 0.6) is 5.75 Å². The molecule has 0 saturated carbocycles. The first-order chi connectivity index (χ1) is 12.1. The fraction of sp³-hybridized carbons (Fsp3) is 0.333. The lowest BCUT2D eigenvalue weighted by molar-refractivity contribution is -0.123. The molecule has 0 spiro atoms. The van der Waals surface area contributed by atoms with Gasteiger partial charge >= 0.3 is 0 Å².